The smallest absolute Gasteiger partial charge is 0.255 e. The number of amides is 1. The lowest BCUT2D eigenvalue weighted by molar-refractivity contribution is 0.102. The summed E-state index contributed by atoms with van der Waals surface area (Å²) in [4.78, 5) is 12.6. The number of hydrogen-bond acceptors (Lipinski definition) is 4. The predicted octanol–water partition coefficient (Wildman–Crippen LogP) is 3.78. The molecule has 0 saturated carbocycles. The van der Waals surface area contributed by atoms with Crippen molar-refractivity contribution >= 4 is 21.6 Å². The SMILES string of the molecule is COc1ccc(C(=O)Nc2cccc(C)c2)cc1S(=O)(=O)NCCc1ccccc1. The Morgan fingerprint density at radius 3 is 2.43 bits per heavy atom. The summed E-state index contributed by atoms with van der Waals surface area (Å²) in [6, 6.07) is 21.3. The highest BCUT2D eigenvalue weighted by Gasteiger charge is 2.21. The molecule has 1 amide bonds. The van der Waals surface area contributed by atoms with Crippen LogP contribution in [0.15, 0.2) is 77.7 Å². The number of anilines is 1. The van der Waals surface area contributed by atoms with Gasteiger partial charge in [-0.25, -0.2) is 13.1 Å². The number of nitrogens with one attached hydrogen (secondary N) is 2. The predicted molar refractivity (Wildman–Crippen MR) is 117 cm³/mol. The maximum atomic E-state index is 12.9. The van der Waals surface area contributed by atoms with Crippen LogP contribution >= 0.6 is 0 Å². The Morgan fingerprint density at radius 1 is 0.967 bits per heavy atom. The molecule has 0 atom stereocenters. The Bertz CT molecular complexity index is 1130. The van der Waals surface area contributed by atoms with Crippen molar-refractivity contribution in [3.05, 3.63) is 89.5 Å². The molecule has 6 nitrogen and oxygen atoms in total. The molecule has 0 aliphatic carbocycles. The van der Waals surface area contributed by atoms with Gasteiger partial charge in [-0.05, 0) is 54.8 Å². The van der Waals surface area contributed by atoms with Crippen LogP contribution < -0.4 is 14.8 Å². The molecule has 3 aromatic rings. The maximum Gasteiger partial charge on any atom is 0.255 e. The van der Waals surface area contributed by atoms with Crippen molar-refractivity contribution < 1.29 is 17.9 Å². The molecule has 0 unspecified atom stereocenters. The molecule has 0 bridgehead atoms. The summed E-state index contributed by atoms with van der Waals surface area (Å²) < 4.78 is 33.5. The van der Waals surface area contributed by atoms with Gasteiger partial charge in [-0.3, -0.25) is 4.79 Å². The first-order chi connectivity index (χ1) is 14.4. The van der Waals surface area contributed by atoms with Gasteiger partial charge in [0, 0.05) is 17.8 Å². The summed E-state index contributed by atoms with van der Waals surface area (Å²) >= 11 is 0. The normalized spacial score (nSPS) is 11.1. The molecule has 0 aliphatic rings. The van der Waals surface area contributed by atoms with Crippen LogP contribution in [0.1, 0.15) is 21.5 Å². The van der Waals surface area contributed by atoms with Crippen LogP contribution in [0.2, 0.25) is 0 Å². The molecule has 3 rings (SSSR count). The van der Waals surface area contributed by atoms with E-state index in [0.717, 1.165) is 11.1 Å². The second kappa shape index (κ2) is 9.56. The molecule has 0 aliphatic heterocycles. The third-order valence-corrected chi connectivity index (χ3v) is 6.02. The van der Waals surface area contributed by atoms with Gasteiger partial charge in [0.15, 0.2) is 0 Å². The van der Waals surface area contributed by atoms with Gasteiger partial charge in [-0.2, -0.15) is 0 Å². The monoisotopic (exact) mass is 424 g/mol. The molecule has 2 N–H and O–H groups in total. The Morgan fingerprint density at radius 2 is 1.73 bits per heavy atom. The van der Waals surface area contributed by atoms with E-state index < -0.39 is 15.9 Å². The average Bonchev–Trinajstić information content (AvgIpc) is 2.74. The Labute approximate surface area is 177 Å². The van der Waals surface area contributed by atoms with Gasteiger partial charge in [0.25, 0.3) is 5.91 Å². The number of methoxy groups -OCH3 is 1. The van der Waals surface area contributed by atoms with E-state index >= 15 is 0 Å². The number of rotatable bonds is 8. The van der Waals surface area contributed by atoms with Crippen molar-refractivity contribution in [1.29, 1.82) is 0 Å². The first-order valence-electron chi connectivity index (χ1n) is 9.49. The third kappa shape index (κ3) is 5.46. The number of hydrogen-bond donors (Lipinski definition) is 2. The van der Waals surface area contributed by atoms with Crippen molar-refractivity contribution in [3.8, 4) is 5.75 Å². The maximum absolute atomic E-state index is 12.9. The van der Waals surface area contributed by atoms with E-state index in [2.05, 4.69) is 10.0 Å². The first-order valence-corrected chi connectivity index (χ1v) is 11.0. The van der Waals surface area contributed by atoms with Gasteiger partial charge in [0.05, 0.1) is 7.11 Å². The van der Waals surface area contributed by atoms with Gasteiger partial charge in [0.1, 0.15) is 10.6 Å². The molecule has 156 valence electrons. The number of sulfonamides is 1. The van der Waals surface area contributed by atoms with Crippen LogP contribution in [0.5, 0.6) is 5.75 Å². The van der Waals surface area contributed by atoms with Gasteiger partial charge in [-0.15, -0.1) is 0 Å². The van der Waals surface area contributed by atoms with E-state index in [1.54, 1.807) is 6.07 Å². The number of carbonyl (C=O) groups is 1. The van der Waals surface area contributed by atoms with E-state index in [0.29, 0.717) is 12.1 Å². The summed E-state index contributed by atoms with van der Waals surface area (Å²) in [6.45, 7) is 2.16. The summed E-state index contributed by atoms with van der Waals surface area (Å²) in [5, 5.41) is 2.78. The van der Waals surface area contributed by atoms with Crippen LogP contribution in [-0.4, -0.2) is 28.0 Å². The number of carbonyl (C=O) groups excluding carboxylic acids is 1. The molecule has 7 heteroatoms. The lowest BCUT2D eigenvalue weighted by Crippen LogP contribution is -2.27. The standard InChI is InChI=1S/C23H24N2O4S/c1-17-7-6-10-20(15-17)25-23(26)19-11-12-21(29-2)22(16-19)30(27,28)24-14-13-18-8-4-3-5-9-18/h3-12,15-16,24H,13-14H2,1-2H3,(H,25,26). The van der Waals surface area contributed by atoms with Crippen molar-refractivity contribution in [2.75, 3.05) is 19.0 Å². The van der Waals surface area contributed by atoms with Crippen molar-refractivity contribution in [1.82, 2.24) is 4.72 Å². The fourth-order valence-electron chi connectivity index (χ4n) is 3.01. The Hall–Kier alpha value is -3.16. The first kappa shape index (κ1) is 21.5. The van der Waals surface area contributed by atoms with Gasteiger partial charge in [0.2, 0.25) is 10.0 Å². The van der Waals surface area contributed by atoms with Crippen molar-refractivity contribution in [2.45, 2.75) is 18.2 Å². The van der Waals surface area contributed by atoms with Gasteiger partial charge < -0.3 is 10.1 Å². The summed E-state index contributed by atoms with van der Waals surface area (Å²) in [5.74, 6) is -0.224. The minimum atomic E-state index is -3.86. The number of benzene rings is 3. The van der Waals surface area contributed by atoms with E-state index in [1.807, 2.05) is 55.5 Å². The largest absolute Gasteiger partial charge is 0.495 e. The fraction of sp³-hybridized carbons (Fsp3) is 0.174. The van der Waals surface area contributed by atoms with Gasteiger partial charge >= 0.3 is 0 Å². The molecule has 0 saturated heterocycles. The molecule has 3 aromatic carbocycles. The van der Waals surface area contributed by atoms with Crippen LogP contribution in [-0.2, 0) is 16.4 Å². The van der Waals surface area contributed by atoms with E-state index in [-0.39, 0.29) is 22.8 Å². The lowest BCUT2D eigenvalue weighted by Gasteiger charge is -2.13. The second-order valence-corrected chi connectivity index (χ2v) is 8.56. The highest BCUT2D eigenvalue weighted by molar-refractivity contribution is 7.89. The minimum absolute atomic E-state index is 0.0741. The number of aryl methyl sites for hydroxylation is 1. The zero-order chi connectivity index (χ0) is 21.6. The highest BCUT2D eigenvalue weighted by Crippen LogP contribution is 2.25. The Balaban J connectivity index is 1.78. The van der Waals surface area contributed by atoms with Crippen LogP contribution in [0.25, 0.3) is 0 Å². The minimum Gasteiger partial charge on any atom is -0.495 e. The fourth-order valence-corrected chi connectivity index (χ4v) is 4.23. The van der Waals surface area contributed by atoms with Crippen molar-refractivity contribution in [3.63, 3.8) is 0 Å². The van der Waals surface area contributed by atoms with Gasteiger partial charge in [-0.1, -0.05) is 42.5 Å². The third-order valence-electron chi connectivity index (χ3n) is 4.54. The molecule has 0 aromatic heterocycles. The quantitative estimate of drug-likeness (QED) is 0.576. The highest BCUT2D eigenvalue weighted by atomic mass is 32.2. The summed E-state index contributed by atoms with van der Waals surface area (Å²) in [7, 11) is -2.47. The zero-order valence-electron chi connectivity index (χ0n) is 16.9. The van der Waals surface area contributed by atoms with E-state index in [9.17, 15) is 13.2 Å². The number of ether oxygens (including phenoxy) is 1. The zero-order valence-corrected chi connectivity index (χ0v) is 17.7. The van der Waals surface area contributed by atoms with Crippen LogP contribution in [0.4, 0.5) is 5.69 Å². The molecular weight excluding hydrogens is 400 g/mol. The lowest BCUT2D eigenvalue weighted by atomic mass is 10.2. The topological polar surface area (TPSA) is 84.5 Å². The summed E-state index contributed by atoms with van der Waals surface area (Å²) in [5.41, 5.74) is 2.90. The molecule has 0 radical (unpaired) electrons. The van der Waals surface area contributed by atoms with Crippen LogP contribution in [0.3, 0.4) is 0 Å². The van der Waals surface area contributed by atoms with Crippen molar-refractivity contribution in [2.24, 2.45) is 0 Å². The molecule has 0 fully saturated rings. The van der Waals surface area contributed by atoms with Crippen LogP contribution in [0, 0.1) is 6.92 Å². The molecule has 30 heavy (non-hydrogen) atoms. The second-order valence-electron chi connectivity index (χ2n) is 6.82. The average molecular weight is 425 g/mol. The molecular formula is C23H24N2O4S. The molecule has 0 heterocycles. The Kier molecular flexibility index (Phi) is 6.87. The molecule has 0 spiro atoms. The van der Waals surface area contributed by atoms with E-state index in [4.69, 9.17) is 4.74 Å². The summed E-state index contributed by atoms with van der Waals surface area (Å²) in [6.07, 6.45) is 0.552. The van der Waals surface area contributed by atoms with E-state index in [1.165, 1.54) is 25.3 Å².